The number of hydrogen-bond acceptors (Lipinski definition) is 6. The predicted octanol–water partition coefficient (Wildman–Crippen LogP) is 19.3. The topological polar surface area (TPSA) is 78.9 Å². The molecule has 6 nitrogen and oxygen atoms in total. The fraction of sp³-hybridized carbons (Fsp3) is 0.698. The van der Waals surface area contributed by atoms with E-state index in [0.717, 1.165) is 103 Å². The van der Waals surface area contributed by atoms with E-state index in [0.29, 0.717) is 19.3 Å². The number of hydrogen-bond donors (Lipinski definition) is 0. The summed E-state index contributed by atoms with van der Waals surface area (Å²) in [7, 11) is 0. The Morgan fingerprint density at radius 2 is 0.580 bits per heavy atom. The molecule has 0 N–H and O–H groups in total. The largest absolute Gasteiger partial charge is 0.462 e. The van der Waals surface area contributed by atoms with Gasteiger partial charge in [0.2, 0.25) is 0 Å². The van der Waals surface area contributed by atoms with Gasteiger partial charge in [-0.1, -0.05) is 227 Å². The average molecular weight is 960 g/mol. The van der Waals surface area contributed by atoms with Crippen molar-refractivity contribution in [2.75, 3.05) is 13.2 Å². The molecule has 0 saturated carbocycles. The molecule has 0 aromatic rings. The molecule has 1 atom stereocenters. The Hall–Kier alpha value is -3.67. The van der Waals surface area contributed by atoms with E-state index in [1.807, 2.05) is 0 Å². The van der Waals surface area contributed by atoms with Crippen LogP contribution in [0.15, 0.2) is 97.2 Å². The third kappa shape index (κ3) is 55.1. The van der Waals surface area contributed by atoms with E-state index in [1.54, 1.807) is 0 Å². The first-order valence-corrected chi connectivity index (χ1v) is 28.7. The first-order valence-electron chi connectivity index (χ1n) is 28.7. The van der Waals surface area contributed by atoms with Crippen molar-refractivity contribution in [3.05, 3.63) is 97.2 Å². The lowest BCUT2D eigenvalue weighted by Crippen LogP contribution is -2.30. The number of ether oxygens (including phenoxy) is 3. The van der Waals surface area contributed by atoms with Crippen LogP contribution in [-0.4, -0.2) is 37.2 Å². The zero-order valence-electron chi connectivity index (χ0n) is 45.0. The summed E-state index contributed by atoms with van der Waals surface area (Å²) in [6.07, 6.45) is 75.4. The molecule has 1 unspecified atom stereocenters. The van der Waals surface area contributed by atoms with Gasteiger partial charge in [-0.05, 0) is 116 Å². The van der Waals surface area contributed by atoms with Crippen LogP contribution in [0.1, 0.15) is 265 Å². The molecule has 0 radical (unpaired) electrons. The van der Waals surface area contributed by atoms with Crippen molar-refractivity contribution >= 4 is 17.9 Å². The van der Waals surface area contributed by atoms with Crippen LogP contribution in [0.3, 0.4) is 0 Å². The Bertz CT molecular complexity index is 1380. The molecule has 0 saturated heterocycles. The molecule has 0 aromatic heterocycles. The normalized spacial score (nSPS) is 12.8. The van der Waals surface area contributed by atoms with Crippen LogP contribution < -0.4 is 0 Å². The number of carbonyl (C=O) groups is 3. The van der Waals surface area contributed by atoms with Crippen molar-refractivity contribution in [3.63, 3.8) is 0 Å². The molecule has 0 heterocycles. The fourth-order valence-electron chi connectivity index (χ4n) is 7.74. The summed E-state index contributed by atoms with van der Waals surface area (Å²) in [6, 6.07) is 0. The van der Waals surface area contributed by atoms with Gasteiger partial charge in [0.25, 0.3) is 0 Å². The zero-order chi connectivity index (χ0) is 50.0. The van der Waals surface area contributed by atoms with E-state index < -0.39 is 6.10 Å². The van der Waals surface area contributed by atoms with Gasteiger partial charge in [-0.3, -0.25) is 14.4 Å². The molecule has 0 aromatic carbocycles. The van der Waals surface area contributed by atoms with Crippen LogP contribution in [0, 0.1) is 0 Å². The molecule has 6 heteroatoms. The van der Waals surface area contributed by atoms with E-state index in [9.17, 15) is 14.4 Å². The van der Waals surface area contributed by atoms with Crippen LogP contribution >= 0.6 is 0 Å². The second-order valence-electron chi connectivity index (χ2n) is 18.8. The first-order chi connectivity index (χ1) is 34.0. The van der Waals surface area contributed by atoms with Gasteiger partial charge >= 0.3 is 17.9 Å². The van der Waals surface area contributed by atoms with Crippen molar-refractivity contribution in [2.24, 2.45) is 0 Å². The van der Waals surface area contributed by atoms with Crippen LogP contribution in [0.5, 0.6) is 0 Å². The Morgan fingerprint density at radius 1 is 0.304 bits per heavy atom. The summed E-state index contributed by atoms with van der Waals surface area (Å²) in [6.45, 7) is 6.45. The standard InChI is InChI=1S/C63H106O6/c1-4-7-10-13-16-19-22-25-28-31-33-35-38-41-44-47-50-53-56-62(65)68-59-60(58-67-61(64)55-52-49-46-43-40-37-34-30-27-24-21-18-15-12-9-6-3)69-63(66)57-54-51-48-45-42-39-36-32-29-26-23-20-17-14-11-8-5-2/h8,11,17,20-21,24,26,28-31,34,36,39,45,48,60H,4-7,9-10,12-16,18-19,22-23,25,27,32-33,35,37-38,40-44,46-47,49-59H2,1-3H3/b11-8-,20-17-,24-21-,29-26-,31-28-,34-30-,39-36-,48-45-. The van der Waals surface area contributed by atoms with Gasteiger partial charge in [0.05, 0.1) is 0 Å². The van der Waals surface area contributed by atoms with Crippen LogP contribution in [0.4, 0.5) is 0 Å². The van der Waals surface area contributed by atoms with E-state index in [4.69, 9.17) is 14.2 Å². The Labute approximate surface area is 426 Å². The Morgan fingerprint density at radius 3 is 0.957 bits per heavy atom. The highest BCUT2D eigenvalue weighted by molar-refractivity contribution is 5.71. The first kappa shape index (κ1) is 65.3. The smallest absolute Gasteiger partial charge is 0.306 e. The molecular formula is C63H106O6. The number of esters is 3. The average Bonchev–Trinajstić information content (AvgIpc) is 3.35. The number of allylic oxidation sites excluding steroid dienone is 16. The van der Waals surface area contributed by atoms with Gasteiger partial charge in [0.1, 0.15) is 13.2 Å². The molecule has 0 rings (SSSR count). The van der Waals surface area contributed by atoms with Gasteiger partial charge in [-0.2, -0.15) is 0 Å². The molecule has 0 bridgehead atoms. The summed E-state index contributed by atoms with van der Waals surface area (Å²) in [5, 5.41) is 0. The second kappa shape index (κ2) is 56.9. The minimum Gasteiger partial charge on any atom is -0.462 e. The van der Waals surface area contributed by atoms with Gasteiger partial charge in [-0.25, -0.2) is 0 Å². The van der Waals surface area contributed by atoms with Crippen molar-refractivity contribution in [2.45, 2.75) is 271 Å². The van der Waals surface area contributed by atoms with Gasteiger partial charge in [-0.15, -0.1) is 0 Å². The number of carbonyl (C=O) groups excluding carboxylic acids is 3. The molecule has 0 fully saturated rings. The molecule has 0 aliphatic carbocycles. The maximum atomic E-state index is 12.8. The van der Waals surface area contributed by atoms with Gasteiger partial charge in [0.15, 0.2) is 6.10 Å². The van der Waals surface area contributed by atoms with Crippen LogP contribution in [-0.2, 0) is 28.6 Å². The highest BCUT2D eigenvalue weighted by Crippen LogP contribution is 2.14. The molecule has 0 amide bonds. The zero-order valence-corrected chi connectivity index (χ0v) is 45.0. The number of unbranched alkanes of at least 4 members (excludes halogenated alkanes) is 24. The van der Waals surface area contributed by atoms with Crippen LogP contribution in [0.2, 0.25) is 0 Å². The van der Waals surface area contributed by atoms with E-state index >= 15 is 0 Å². The van der Waals surface area contributed by atoms with Gasteiger partial charge < -0.3 is 14.2 Å². The lowest BCUT2D eigenvalue weighted by Gasteiger charge is -2.18. The lowest BCUT2D eigenvalue weighted by molar-refractivity contribution is -0.167. The molecule has 0 aliphatic heterocycles. The quantitative estimate of drug-likeness (QED) is 0.0262. The van der Waals surface area contributed by atoms with Gasteiger partial charge in [0, 0.05) is 19.3 Å². The van der Waals surface area contributed by atoms with Crippen molar-refractivity contribution < 1.29 is 28.6 Å². The molecule has 0 aliphatic rings. The Kier molecular flexibility index (Phi) is 53.9. The summed E-state index contributed by atoms with van der Waals surface area (Å²) in [5.41, 5.74) is 0. The minimum absolute atomic E-state index is 0.107. The number of rotatable bonds is 51. The monoisotopic (exact) mass is 959 g/mol. The predicted molar refractivity (Wildman–Crippen MR) is 297 cm³/mol. The molecule has 69 heavy (non-hydrogen) atoms. The molecular weight excluding hydrogens is 853 g/mol. The molecule has 0 spiro atoms. The minimum atomic E-state index is -0.816. The van der Waals surface area contributed by atoms with Crippen molar-refractivity contribution in [1.29, 1.82) is 0 Å². The summed E-state index contributed by atoms with van der Waals surface area (Å²) in [5.74, 6) is -0.981. The SMILES string of the molecule is CC/C=C\C/C=C\C/C=C\C/C=C\C/C=C\CCCC(=O)OC(COC(=O)CCCCCCC/C=C\C/C=C\CCCCCC)COC(=O)CCCCCCCCC/C=C\CCCCCCCCC. The fourth-order valence-corrected chi connectivity index (χ4v) is 7.74. The maximum Gasteiger partial charge on any atom is 0.306 e. The van der Waals surface area contributed by atoms with E-state index in [-0.39, 0.29) is 37.5 Å². The second-order valence-corrected chi connectivity index (χ2v) is 18.8. The van der Waals surface area contributed by atoms with E-state index in [1.165, 1.54) is 116 Å². The molecule has 394 valence electrons. The highest BCUT2D eigenvalue weighted by atomic mass is 16.6. The lowest BCUT2D eigenvalue weighted by atomic mass is 10.1. The summed E-state index contributed by atoms with van der Waals surface area (Å²) in [4.78, 5) is 38.1. The van der Waals surface area contributed by atoms with E-state index in [2.05, 4.69) is 118 Å². The van der Waals surface area contributed by atoms with Crippen molar-refractivity contribution in [1.82, 2.24) is 0 Å². The summed E-state index contributed by atoms with van der Waals surface area (Å²) >= 11 is 0. The third-order valence-electron chi connectivity index (χ3n) is 12.0. The summed E-state index contributed by atoms with van der Waals surface area (Å²) < 4.78 is 16.8. The van der Waals surface area contributed by atoms with Crippen LogP contribution in [0.25, 0.3) is 0 Å². The highest BCUT2D eigenvalue weighted by Gasteiger charge is 2.19. The third-order valence-corrected chi connectivity index (χ3v) is 12.0. The Balaban J connectivity index is 4.50. The van der Waals surface area contributed by atoms with Crippen molar-refractivity contribution in [3.8, 4) is 0 Å². The maximum absolute atomic E-state index is 12.8.